The van der Waals surface area contributed by atoms with Crippen LogP contribution in [0.1, 0.15) is 11.4 Å². The fourth-order valence-electron chi connectivity index (χ4n) is 1.51. The predicted octanol–water partition coefficient (Wildman–Crippen LogP) is 1.47. The van der Waals surface area contributed by atoms with Crippen LogP contribution in [0.2, 0.25) is 0 Å². The first-order chi connectivity index (χ1) is 6.24. The Morgan fingerprint density at radius 3 is 3.15 bits per heavy atom. The van der Waals surface area contributed by atoms with Crippen LogP contribution in [0.15, 0.2) is 9.98 Å². The summed E-state index contributed by atoms with van der Waals surface area (Å²) in [6, 6.07) is 0. The van der Waals surface area contributed by atoms with Gasteiger partial charge in [0.15, 0.2) is 0 Å². The van der Waals surface area contributed by atoms with Gasteiger partial charge in [-0.05, 0) is 22.4 Å². The summed E-state index contributed by atoms with van der Waals surface area (Å²) in [7, 11) is 0. The van der Waals surface area contributed by atoms with Crippen molar-refractivity contribution < 1.29 is 5.11 Å². The molecule has 0 unspecified atom stereocenters. The highest BCUT2D eigenvalue weighted by Gasteiger charge is 2.20. The quantitative estimate of drug-likeness (QED) is 0.877. The van der Waals surface area contributed by atoms with E-state index in [1.807, 2.05) is 6.20 Å². The van der Waals surface area contributed by atoms with Crippen molar-refractivity contribution in [3.8, 4) is 0 Å². The fraction of sp³-hybridized carbons (Fsp3) is 0.625. The van der Waals surface area contributed by atoms with E-state index in [2.05, 4.69) is 25.8 Å². The number of rotatable bonds is 2. The van der Waals surface area contributed by atoms with Crippen molar-refractivity contribution in [1.82, 2.24) is 9.88 Å². The van der Waals surface area contributed by atoms with Gasteiger partial charge in [-0.15, -0.1) is 11.3 Å². The van der Waals surface area contributed by atoms with Crippen LogP contribution in [-0.4, -0.2) is 34.2 Å². The van der Waals surface area contributed by atoms with E-state index < -0.39 is 0 Å². The summed E-state index contributed by atoms with van der Waals surface area (Å²) < 4.78 is 1.07. The largest absolute Gasteiger partial charge is 0.392 e. The van der Waals surface area contributed by atoms with Crippen LogP contribution >= 0.6 is 27.3 Å². The molecule has 3 nitrogen and oxygen atoms in total. The molecule has 1 aliphatic heterocycles. The number of likely N-dealkylation sites (tertiary alicyclic amines) is 1. The fourth-order valence-corrected chi connectivity index (χ4v) is 2.85. The third kappa shape index (κ3) is 2.49. The van der Waals surface area contributed by atoms with Crippen molar-refractivity contribution in [2.45, 2.75) is 19.1 Å². The number of hydrogen-bond donors (Lipinski definition) is 1. The molecule has 0 saturated carbocycles. The zero-order chi connectivity index (χ0) is 9.26. The summed E-state index contributed by atoms with van der Waals surface area (Å²) in [6.45, 7) is 2.64. The van der Waals surface area contributed by atoms with E-state index in [0.717, 1.165) is 34.8 Å². The topological polar surface area (TPSA) is 36.4 Å². The number of aromatic nitrogens is 1. The van der Waals surface area contributed by atoms with Gasteiger partial charge in [0.05, 0.1) is 22.6 Å². The molecule has 1 aromatic rings. The minimum Gasteiger partial charge on any atom is -0.392 e. The first-order valence-electron chi connectivity index (χ1n) is 4.24. The number of β-amino-alcohol motifs (C(OH)–C–C–N with tert-alkyl or cyclic N) is 1. The first-order valence-corrected chi connectivity index (χ1v) is 5.85. The molecule has 0 aliphatic carbocycles. The molecule has 0 radical (unpaired) electrons. The van der Waals surface area contributed by atoms with Gasteiger partial charge in [-0.1, -0.05) is 0 Å². The molecule has 72 valence electrons. The molecule has 0 aromatic carbocycles. The molecule has 1 fully saturated rings. The van der Waals surface area contributed by atoms with Crippen molar-refractivity contribution in [2.75, 3.05) is 13.1 Å². The number of aliphatic hydroxyl groups is 1. The Labute approximate surface area is 89.5 Å². The summed E-state index contributed by atoms with van der Waals surface area (Å²) in [4.78, 5) is 6.48. The number of hydrogen-bond acceptors (Lipinski definition) is 4. The normalized spacial score (nSPS) is 24.0. The van der Waals surface area contributed by atoms with Crippen LogP contribution in [0.3, 0.4) is 0 Å². The Morgan fingerprint density at radius 2 is 2.62 bits per heavy atom. The van der Waals surface area contributed by atoms with Gasteiger partial charge < -0.3 is 5.11 Å². The van der Waals surface area contributed by atoms with Crippen LogP contribution in [0.4, 0.5) is 0 Å². The van der Waals surface area contributed by atoms with Gasteiger partial charge in [0, 0.05) is 13.1 Å². The molecule has 0 spiro atoms. The zero-order valence-corrected chi connectivity index (χ0v) is 9.51. The van der Waals surface area contributed by atoms with Gasteiger partial charge in [-0.2, -0.15) is 0 Å². The molecule has 5 heteroatoms. The van der Waals surface area contributed by atoms with Crippen molar-refractivity contribution >= 4 is 27.3 Å². The Morgan fingerprint density at radius 1 is 1.77 bits per heavy atom. The molecule has 0 bridgehead atoms. The summed E-state index contributed by atoms with van der Waals surface area (Å²) in [5.41, 5.74) is 0. The first kappa shape index (κ1) is 9.58. The third-order valence-electron chi connectivity index (χ3n) is 2.13. The summed E-state index contributed by atoms with van der Waals surface area (Å²) in [5.74, 6) is 0. The van der Waals surface area contributed by atoms with E-state index in [9.17, 15) is 5.11 Å². The van der Waals surface area contributed by atoms with Gasteiger partial charge in [0.25, 0.3) is 0 Å². The predicted molar refractivity (Wildman–Crippen MR) is 55.7 cm³/mol. The SMILES string of the molecule is O[C@@H]1CCN(Cc2ncc(Br)s2)C1. The minimum atomic E-state index is -0.136. The van der Waals surface area contributed by atoms with E-state index in [-0.39, 0.29) is 6.10 Å². The van der Waals surface area contributed by atoms with E-state index in [1.165, 1.54) is 0 Å². The number of halogens is 1. The Bertz CT molecular complexity index is 291. The van der Waals surface area contributed by atoms with Crippen LogP contribution < -0.4 is 0 Å². The van der Waals surface area contributed by atoms with Gasteiger partial charge in [0.2, 0.25) is 0 Å². The molecule has 2 rings (SSSR count). The Hall–Kier alpha value is 0.0300. The lowest BCUT2D eigenvalue weighted by molar-refractivity contribution is 0.175. The lowest BCUT2D eigenvalue weighted by Gasteiger charge is -2.11. The van der Waals surface area contributed by atoms with Crippen LogP contribution in [0, 0.1) is 0 Å². The second-order valence-corrected chi connectivity index (χ2v) is 5.73. The van der Waals surface area contributed by atoms with Crippen molar-refractivity contribution in [3.63, 3.8) is 0 Å². The Balaban J connectivity index is 1.91. The van der Waals surface area contributed by atoms with Crippen molar-refractivity contribution in [2.24, 2.45) is 0 Å². The van der Waals surface area contributed by atoms with Crippen molar-refractivity contribution in [3.05, 3.63) is 15.0 Å². The van der Waals surface area contributed by atoms with Gasteiger partial charge in [0.1, 0.15) is 5.01 Å². The highest BCUT2D eigenvalue weighted by atomic mass is 79.9. The van der Waals surface area contributed by atoms with Crippen molar-refractivity contribution in [1.29, 1.82) is 0 Å². The van der Waals surface area contributed by atoms with E-state index in [1.54, 1.807) is 11.3 Å². The monoisotopic (exact) mass is 262 g/mol. The van der Waals surface area contributed by atoms with Crippen LogP contribution in [0.25, 0.3) is 0 Å². The van der Waals surface area contributed by atoms with Gasteiger partial charge in [-0.3, -0.25) is 4.90 Å². The summed E-state index contributed by atoms with van der Waals surface area (Å²) >= 11 is 5.04. The molecule has 0 amide bonds. The number of aliphatic hydroxyl groups excluding tert-OH is 1. The zero-order valence-electron chi connectivity index (χ0n) is 7.11. The summed E-state index contributed by atoms with van der Waals surface area (Å²) in [6.07, 6.45) is 2.59. The molecule has 1 atom stereocenters. The van der Waals surface area contributed by atoms with E-state index in [4.69, 9.17) is 0 Å². The molecule has 1 saturated heterocycles. The smallest absolute Gasteiger partial charge is 0.108 e. The molecule has 13 heavy (non-hydrogen) atoms. The van der Waals surface area contributed by atoms with E-state index in [0.29, 0.717) is 0 Å². The highest BCUT2D eigenvalue weighted by molar-refractivity contribution is 9.11. The van der Waals surface area contributed by atoms with Gasteiger partial charge >= 0.3 is 0 Å². The maximum atomic E-state index is 9.31. The molecular formula is C8H11BrN2OS. The molecule has 1 aliphatic rings. The summed E-state index contributed by atoms with van der Waals surface area (Å²) in [5, 5.41) is 10.4. The van der Waals surface area contributed by atoms with Crippen LogP contribution in [0.5, 0.6) is 0 Å². The maximum absolute atomic E-state index is 9.31. The Kier molecular flexibility index (Phi) is 2.98. The molecular weight excluding hydrogens is 252 g/mol. The third-order valence-corrected chi connectivity index (χ3v) is 3.59. The maximum Gasteiger partial charge on any atom is 0.108 e. The second-order valence-electron chi connectivity index (χ2n) is 3.24. The lowest BCUT2D eigenvalue weighted by atomic mass is 10.3. The average molecular weight is 263 g/mol. The molecule has 1 N–H and O–H groups in total. The second kappa shape index (κ2) is 4.04. The standard InChI is InChI=1S/C8H11BrN2OS/c9-7-3-10-8(13-7)5-11-2-1-6(12)4-11/h3,6,12H,1-2,4-5H2/t6-/m1/s1. The average Bonchev–Trinajstić information content (AvgIpc) is 2.62. The number of thiazole rings is 1. The minimum absolute atomic E-state index is 0.136. The van der Waals surface area contributed by atoms with Crippen LogP contribution in [-0.2, 0) is 6.54 Å². The number of nitrogens with zero attached hydrogens (tertiary/aromatic N) is 2. The highest BCUT2D eigenvalue weighted by Crippen LogP contribution is 2.21. The van der Waals surface area contributed by atoms with Gasteiger partial charge in [-0.25, -0.2) is 4.98 Å². The molecule has 2 heterocycles. The lowest BCUT2D eigenvalue weighted by Crippen LogP contribution is -2.21. The molecule has 1 aromatic heterocycles. The van der Waals surface area contributed by atoms with E-state index >= 15 is 0 Å².